The van der Waals surface area contributed by atoms with Crippen LogP contribution in [0.1, 0.15) is 27.8 Å². The van der Waals surface area contributed by atoms with Gasteiger partial charge in [0, 0.05) is 25.8 Å². The Morgan fingerprint density at radius 2 is 1.23 bits per heavy atom. The van der Waals surface area contributed by atoms with Gasteiger partial charge in [-0.1, -0.05) is 97.1 Å². The molecule has 4 aromatic rings. The molecule has 5 rings (SSSR count). The van der Waals surface area contributed by atoms with Gasteiger partial charge in [-0.15, -0.1) is 0 Å². The first-order valence-electron chi connectivity index (χ1n) is 15.6. The zero-order valence-electron chi connectivity index (χ0n) is 25.9. The summed E-state index contributed by atoms with van der Waals surface area (Å²) >= 11 is 0. The van der Waals surface area contributed by atoms with E-state index in [0.29, 0.717) is 0 Å². The number of rotatable bonds is 12. The second-order valence-electron chi connectivity index (χ2n) is 11.8. The first kappa shape index (κ1) is 32.9. The Morgan fingerprint density at radius 1 is 0.702 bits per heavy atom. The summed E-state index contributed by atoms with van der Waals surface area (Å²) in [6, 6.07) is 28.5. The average molecular weight is 634 g/mol. The maximum Gasteiger partial charge on any atom is 0.243 e. The number of primary amides is 1. The zero-order chi connectivity index (χ0) is 33.3. The Bertz CT molecular complexity index is 1700. The lowest BCUT2D eigenvalue weighted by atomic mass is 9.92. The molecule has 10 heteroatoms. The number of benzene rings is 4. The number of nitrogens with zero attached hydrogens (tertiary/aromatic N) is 1. The van der Waals surface area contributed by atoms with E-state index >= 15 is 0 Å². The minimum atomic E-state index is -1.07. The van der Waals surface area contributed by atoms with Crippen LogP contribution in [-0.2, 0) is 51.4 Å². The van der Waals surface area contributed by atoms with E-state index in [9.17, 15) is 24.3 Å². The average Bonchev–Trinajstić information content (AvgIpc) is 3.08. The van der Waals surface area contributed by atoms with Crippen molar-refractivity contribution in [3.8, 4) is 5.75 Å². The molecule has 0 radical (unpaired) electrons. The van der Waals surface area contributed by atoms with Gasteiger partial charge in [0.25, 0.3) is 0 Å². The predicted molar refractivity (Wildman–Crippen MR) is 178 cm³/mol. The van der Waals surface area contributed by atoms with Crippen molar-refractivity contribution in [2.24, 2.45) is 11.5 Å². The van der Waals surface area contributed by atoms with E-state index in [4.69, 9.17) is 11.5 Å². The third kappa shape index (κ3) is 8.62. The normalized spacial score (nSPS) is 15.9. The lowest BCUT2D eigenvalue weighted by Crippen LogP contribution is -2.60. The number of amides is 4. The number of aromatic hydroxyl groups is 1. The van der Waals surface area contributed by atoms with Gasteiger partial charge >= 0.3 is 0 Å². The van der Waals surface area contributed by atoms with Crippen molar-refractivity contribution in [3.63, 3.8) is 0 Å². The number of carbonyl (C=O) groups excluding carboxylic acids is 4. The Balaban J connectivity index is 1.38. The lowest BCUT2D eigenvalue weighted by molar-refractivity contribution is -0.143. The standard InChI is InChI=1S/C37H39N5O5/c38-30(19-26-15-17-29(43)18-16-26)37(47)42-23-28-14-8-7-13-27(28)22-33(42)36(46)41-32(21-25-11-5-2-6-12-25)35(45)40-31(34(39)44)20-24-9-3-1-4-10-24/h1-18,30-33,43H,19-23,38H2,(H2,39,44)(H,40,45)(H,41,46)/t30-,31+,32+,33+/m1/s1. The van der Waals surface area contributed by atoms with E-state index in [1.807, 2.05) is 84.9 Å². The van der Waals surface area contributed by atoms with E-state index < -0.39 is 47.8 Å². The Kier molecular flexibility index (Phi) is 10.6. The fourth-order valence-electron chi connectivity index (χ4n) is 5.85. The molecule has 0 saturated heterocycles. The van der Waals surface area contributed by atoms with Crippen molar-refractivity contribution < 1.29 is 24.3 Å². The van der Waals surface area contributed by atoms with E-state index in [1.165, 1.54) is 17.0 Å². The van der Waals surface area contributed by atoms with Crippen molar-refractivity contribution in [2.45, 2.75) is 56.4 Å². The van der Waals surface area contributed by atoms with Crippen LogP contribution < -0.4 is 22.1 Å². The molecule has 0 aliphatic carbocycles. The molecule has 7 N–H and O–H groups in total. The number of nitrogens with two attached hydrogens (primary N) is 2. The molecule has 0 spiro atoms. The molecule has 0 bridgehead atoms. The predicted octanol–water partition coefficient (Wildman–Crippen LogP) is 2.16. The maximum atomic E-state index is 14.1. The number of fused-ring (bicyclic) bond motifs is 1. The molecule has 1 heterocycles. The highest BCUT2D eigenvalue weighted by Gasteiger charge is 2.38. The van der Waals surface area contributed by atoms with Gasteiger partial charge in [-0.2, -0.15) is 0 Å². The monoisotopic (exact) mass is 633 g/mol. The third-order valence-electron chi connectivity index (χ3n) is 8.40. The van der Waals surface area contributed by atoms with Crippen LogP contribution in [0.25, 0.3) is 0 Å². The molecule has 1 aliphatic heterocycles. The number of hydrogen-bond acceptors (Lipinski definition) is 6. The number of phenols is 1. The molecule has 0 saturated carbocycles. The van der Waals surface area contributed by atoms with Gasteiger partial charge in [-0.3, -0.25) is 19.2 Å². The summed E-state index contributed by atoms with van der Waals surface area (Å²) in [7, 11) is 0. The van der Waals surface area contributed by atoms with Crippen molar-refractivity contribution in [3.05, 3.63) is 137 Å². The summed E-state index contributed by atoms with van der Waals surface area (Å²) in [4.78, 5) is 55.6. The highest BCUT2D eigenvalue weighted by molar-refractivity contribution is 5.95. The number of phenolic OH excluding ortho intramolecular Hbond substituents is 1. The molecule has 0 aromatic heterocycles. The van der Waals surface area contributed by atoms with Gasteiger partial charge in [-0.25, -0.2) is 0 Å². The molecule has 4 amide bonds. The maximum absolute atomic E-state index is 14.1. The summed E-state index contributed by atoms with van der Waals surface area (Å²) in [5, 5.41) is 15.3. The smallest absolute Gasteiger partial charge is 0.243 e. The van der Waals surface area contributed by atoms with Crippen LogP contribution in [0.3, 0.4) is 0 Å². The van der Waals surface area contributed by atoms with Gasteiger partial charge in [0.2, 0.25) is 23.6 Å². The number of hydrogen-bond donors (Lipinski definition) is 5. The largest absolute Gasteiger partial charge is 0.508 e. The van der Waals surface area contributed by atoms with Gasteiger partial charge in [0.05, 0.1) is 6.04 Å². The van der Waals surface area contributed by atoms with E-state index in [0.717, 1.165) is 27.8 Å². The second-order valence-corrected chi connectivity index (χ2v) is 11.8. The summed E-state index contributed by atoms with van der Waals surface area (Å²) < 4.78 is 0. The minimum Gasteiger partial charge on any atom is -0.508 e. The van der Waals surface area contributed by atoms with Crippen LogP contribution in [0.2, 0.25) is 0 Å². The van der Waals surface area contributed by atoms with Crippen molar-refractivity contribution in [1.29, 1.82) is 0 Å². The van der Waals surface area contributed by atoms with Crippen molar-refractivity contribution >= 4 is 23.6 Å². The summed E-state index contributed by atoms with van der Waals surface area (Å²) in [5.74, 6) is -2.09. The van der Waals surface area contributed by atoms with Gasteiger partial charge < -0.3 is 32.1 Å². The first-order chi connectivity index (χ1) is 22.7. The SMILES string of the molecule is NC(=O)[C@H](Cc1ccccc1)NC(=O)[C@H](Cc1ccccc1)NC(=O)[C@@H]1Cc2ccccc2CN1C(=O)[C@H](N)Cc1ccc(O)cc1. The van der Waals surface area contributed by atoms with Crippen LogP contribution in [0.15, 0.2) is 109 Å². The van der Waals surface area contributed by atoms with Crippen LogP contribution in [0.4, 0.5) is 0 Å². The fourth-order valence-corrected chi connectivity index (χ4v) is 5.85. The highest BCUT2D eigenvalue weighted by Crippen LogP contribution is 2.25. The van der Waals surface area contributed by atoms with Crippen molar-refractivity contribution in [1.82, 2.24) is 15.5 Å². The topological polar surface area (TPSA) is 168 Å². The third-order valence-corrected chi connectivity index (χ3v) is 8.40. The highest BCUT2D eigenvalue weighted by atomic mass is 16.3. The van der Waals surface area contributed by atoms with Crippen LogP contribution in [-0.4, -0.2) is 57.8 Å². The Morgan fingerprint density at radius 3 is 1.83 bits per heavy atom. The quantitative estimate of drug-likeness (QED) is 0.160. The molecule has 47 heavy (non-hydrogen) atoms. The fraction of sp³-hybridized carbons (Fsp3) is 0.243. The lowest BCUT2D eigenvalue weighted by Gasteiger charge is -2.38. The zero-order valence-corrected chi connectivity index (χ0v) is 25.9. The summed E-state index contributed by atoms with van der Waals surface area (Å²) in [6.45, 7) is 0.173. The summed E-state index contributed by atoms with van der Waals surface area (Å²) in [5.41, 5.74) is 16.3. The van der Waals surface area contributed by atoms with Gasteiger partial charge in [0.1, 0.15) is 23.9 Å². The van der Waals surface area contributed by atoms with Crippen LogP contribution >= 0.6 is 0 Å². The first-order valence-corrected chi connectivity index (χ1v) is 15.6. The molecular formula is C37H39N5O5. The molecule has 242 valence electrons. The van der Waals surface area contributed by atoms with E-state index in [1.54, 1.807) is 12.1 Å². The number of nitrogens with one attached hydrogen (secondary N) is 2. The molecule has 4 atom stereocenters. The molecule has 10 nitrogen and oxygen atoms in total. The Labute approximate surface area is 273 Å². The number of carbonyl (C=O) groups is 4. The molecule has 1 aliphatic rings. The molecule has 4 aromatic carbocycles. The summed E-state index contributed by atoms with van der Waals surface area (Å²) in [6.07, 6.45) is 0.777. The van der Waals surface area contributed by atoms with Crippen molar-refractivity contribution in [2.75, 3.05) is 0 Å². The molecular weight excluding hydrogens is 594 g/mol. The van der Waals surface area contributed by atoms with Gasteiger partial charge in [-0.05, 0) is 46.4 Å². The Hall–Kier alpha value is -5.48. The van der Waals surface area contributed by atoms with Crippen LogP contribution in [0, 0.1) is 0 Å². The van der Waals surface area contributed by atoms with E-state index in [2.05, 4.69) is 10.6 Å². The van der Waals surface area contributed by atoms with E-state index in [-0.39, 0.29) is 38.0 Å². The molecule has 0 fully saturated rings. The molecule has 0 unspecified atom stereocenters. The van der Waals surface area contributed by atoms with Gasteiger partial charge in [0.15, 0.2) is 0 Å². The minimum absolute atomic E-state index is 0.106. The second kappa shape index (κ2) is 15.2. The van der Waals surface area contributed by atoms with Crippen LogP contribution in [0.5, 0.6) is 5.75 Å².